The molecule has 0 atom stereocenters. The van der Waals surface area contributed by atoms with Gasteiger partial charge in [0.05, 0.1) is 18.4 Å². The summed E-state index contributed by atoms with van der Waals surface area (Å²) in [6.07, 6.45) is 2.86. The number of rotatable bonds is 7. The lowest BCUT2D eigenvalue weighted by atomic mass is 10.1. The molecule has 0 aliphatic carbocycles. The maximum atomic E-state index is 12.8. The largest absolute Gasteiger partial charge is 0.497 e. The Morgan fingerprint density at radius 1 is 0.935 bits per heavy atom. The van der Waals surface area contributed by atoms with Crippen LogP contribution in [0.2, 0.25) is 0 Å². The van der Waals surface area contributed by atoms with Crippen LogP contribution in [0.5, 0.6) is 5.75 Å². The van der Waals surface area contributed by atoms with Gasteiger partial charge < -0.3 is 20.4 Å². The first-order chi connectivity index (χ1) is 15.1. The van der Waals surface area contributed by atoms with E-state index in [4.69, 9.17) is 4.74 Å². The van der Waals surface area contributed by atoms with Crippen molar-refractivity contribution in [3.05, 3.63) is 90.1 Å². The lowest BCUT2D eigenvalue weighted by Crippen LogP contribution is -2.18. The van der Waals surface area contributed by atoms with E-state index in [1.165, 1.54) is 0 Å². The summed E-state index contributed by atoms with van der Waals surface area (Å²) in [6.45, 7) is 0. The van der Waals surface area contributed by atoms with Crippen molar-refractivity contribution in [1.82, 2.24) is 4.98 Å². The molecule has 2 amide bonds. The summed E-state index contributed by atoms with van der Waals surface area (Å²) in [5.74, 6) is 0.198. The number of para-hydroxylation sites is 2. The summed E-state index contributed by atoms with van der Waals surface area (Å²) >= 11 is 0. The third kappa shape index (κ3) is 4.75. The van der Waals surface area contributed by atoms with Gasteiger partial charge in [0.1, 0.15) is 5.75 Å². The number of H-pyrrole nitrogens is 1. The number of hydrogen-bond donors (Lipinski definition) is 3. The number of carbonyl (C=O) groups is 2. The molecule has 1 aromatic heterocycles. The molecule has 6 nitrogen and oxygen atoms in total. The Bertz CT molecular complexity index is 1230. The second-order valence-electron chi connectivity index (χ2n) is 7.14. The number of amides is 2. The average molecular weight is 413 g/mol. The summed E-state index contributed by atoms with van der Waals surface area (Å²) in [5.41, 5.74) is 3.63. The molecule has 0 saturated carbocycles. The number of carbonyl (C=O) groups excluding carboxylic acids is 2. The Labute approximate surface area is 180 Å². The number of methoxy groups -OCH3 is 1. The minimum atomic E-state index is -0.305. The van der Waals surface area contributed by atoms with Crippen molar-refractivity contribution < 1.29 is 14.3 Å². The molecule has 1 heterocycles. The van der Waals surface area contributed by atoms with Gasteiger partial charge >= 0.3 is 0 Å². The summed E-state index contributed by atoms with van der Waals surface area (Å²) in [4.78, 5) is 28.6. The van der Waals surface area contributed by atoms with E-state index in [-0.39, 0.29) is 11.8 Å². The molecule has 0 saturated heterocycles. The first kappa shape index (κ1) is 20.2. The van der Waals surface area contributed by atoms with Crippen molar-refractivity contribution in [2.75, 3.05) is 17.7 Å². The minimum absolute atomic E-state index is 0.146. The molecule has 4 rings (SSSR count). The highest BCUT2D eigenvalue weighted by molar-refractivity contribution is 6.10. The Morgan fingerprint density at radius 3 is 2.61 bits per heavy atom. The summed E-state index contributed by atoms with van der Waals surface area (Å²) in [6, 6.07) is 22.1. The smallest absolute Gasteiger partial charge is 0.257 e. The second kappa shape index (κ2) is 9.17. The van der Waals surface area contributed by atoms with E-state index in [9.17, 15) is 9.59 Å². The zero-order valence-electron chi connectivity index (χ0n) is 17.1. The van der Waals surface area contributed by atoms with Crippen molar-refractivity contribution in [1.29, 1.82) is 0 Å². The van der Waals surface area contributed by atoms with Gasteiger partial charge in [-0.2, -0.15) is 0 Å². The zero-order valence-corrected chi connectivity index (χ0v) is 17.1. The molecule has 4 aromatic rings. The molecule has 0 radical (unpaired) electrons. The Hall–Kier alpha value is -4.06. The fraction of sp³-hybridized carbons (Fsp3) is 0.120. The normalized spacial score (nSPS) is 10.6. The molecule has 0 spiro atoms. The van der Waals surface area contributed by atoms with Crippen molar-refractivity contribution in [3.63, 3.8) is 0 Å². The van der Waals surface area contributed by atoms with E-state index < -0.39 is 0 Å². The van der Waals surface area contributed by atoms with Crippen LogP contribution in [0.25, 0.3) is 10.9 Å². The molecule has 0 fully saturated rings. The number of aryl methyl sites for hydroxylation is 1. The molecule has 0 bridgehead atoms. The van der Waals surface area contributed by atoms with E-state index in [1.807, 2.05) is 30.5 Å². The predicted molar refractivity (Wildman–Crippen MR) is 123 cm³/mol. The van der Waals surface area contributed by atoms with Gasteiger partial charge in [-0.1, -0.05) is 36.4 Å². The predicted octanol–water partition coefficient (Wildman–Crippen LogP) is 5.00. The van der Waals surface area contributed by atoms with E-state index in [1.54, 1.807) is 55.6 Å². The Kier molecular flexibility index (Phi) is 5.98. The van der Waals surface area contributed by atoms with Gasteiger partial charge in [0.25, 0.3) is 5.91 Å². The quantitative estimate of drug-likeness (QED) is 0.399. The van der Waals surface area contributed by atoms with Gasteiger partial charge in [0, 0.05) is 35.3 Å². The third-order valence-corrected chi connectivity index (χ3v) is 5.07. The van der Waals surface area contributed by atoms with Gasteiger partial charge in [-0.3, -0.25) is 9.59 Å². The number of ether oxygens (including phenoxy) is 1. The topological polar surface area (TPSA) is 83.2 Å². The highest BCUT2D eigenvalue weighted by Crippen LogP contribution is 2.22. The van der Waals surface area contributed by atoms with Crippen molar-refractivity contribution in [3.8, 4) is 5.75 Å². The summed E-state index contributed by atoms with van der Waals surface area (Å²) < 4.78 is 5.19. The SMILES string of the molecule is COc1cccc(NC(=O)c2ccccc2NC(=O)CCc2c[nH]c3ccccc23)c1. The van der Waals surface area contributed by atoms with Gasteiger partial charge in [0.2, 0.25) is 5.91 Å². The number of benzene rings is 3. The van der Waals surface area contributed by atoms with E-state index in [0.29, 0.717) is 35.5 Å². The Morgan fingerprint density at radius 2 is 1.74 bits per heavy atom. The number of hydrogen-bond acceptors (Lipinski definition) is 3. The highest BCUT2D eigenvalue weighted by atomic mass is 16.5. The van der Waals surface area contributed by atoms with Gasteiger partial charge in [-0.25, -0.2) is 0 Å². The minimum Gasteiger partial charge on any atom is -0.497 e. The number of aromatic amines is 1. The first-order valence-corrected chi connectivity index (χ1v) is 10.0. The van der Waals surface area contributed by atoms with Crippen LogP contribution in [-0.4, -0.2) is 23.9 Å². The molecular weight excluding hydrogens is 390 g/mol. The molecule has 6 heteroatoms. The standard InChI is InChI=1S/C25H23N3O3/c1-31-19-8-6-7-18(15-19)27-25(30)21-10-3-5-12-23(21)28-24(29)14-13-17-16-26-22-11-4-2-9-20(17)22/h2-12,15-16,26H,13-14H2,1H3,(H,27,30)(H,28,29). The third-order valence-electron chi connectivity index (χ3n) is 5.07. The van der Waals surface area contributed by atoms with Crippen molar-refractivity contribution >= 4 is 34.1 Å². The molecule has 0 unspecified atom stereocenters. The van der Waals surface area contributed by atoms with Crippen LogP contribution in [0.1, 0.15) is 22.3 Å². The van der Waals surface area contributed by atoms with Crippen LogP contribution in [-0.2, 0) is 11.2 Å². The molecule has 156 valence electrons. The van der Waals surface area contributed by atoms with E-state index in [0.717, 1.165) is 16.5 Å². The molecule has 3 N–H and O–H groups in total. The zero-order chi connectivity index (χ0) is 21.6. The molecule has 0 aliphatic rings. The molecular formula is C25H23N3O3. The van der Waals surface area contributed by atoms with Gasteiger partial charge in [0.15, 0.2) is 0 Å². The van der Waals surface area contributed by atoms with E-state index >= 15 is 0 Å². The number of nitrogens with one attached hydrogen (secondary N) is 3. The molecule has 3 aromatic carbocycles. The van der Waals surface area contributed by atoms with Crippen molar-refractivity contribution in [2.24, 2.45) is 0 Å². The van der Waals surface area contributed by atoms with Crippen LogP contribution in [0.4, 0.5) is 11.4 Å². The van der Waals surface area contributed by atoms with Crippen LogP contribution in [0.15, 0.2) is 79.0 Å². The van der Waals surface area contributed by atoms with Crippen LogP contribution in [0, 0.1) is 0 Å². The second-order valence-corrected chi connectivity index (χ2v) is 7.14. The van der Waals surface area contributed by atoms with Crippen LogP contribution < -0.4 is 15.4 Å². The highest BCUT2D eigenvalue weighted by Gasteiger charge is 2.14. The lowest BCUT2D eigenvalue weighted by Gasteiger charge is -2.12. The average Bonchev–Trinajstić information content (AvgIpc) is 3.21. The summed E-state index contributed by atoms with van der Waals surface area (Å²) in [5, 5.41) is 6.84. The molecule has 0 aliphatic heterocycles. The number of anilines is 2. The fourth-order valence-corrected chi connectivity index (χ4v) is 3.49. The van der Waals surface area contributed by atoms with E-state index in [2.05, 4.69) is 15.6 Å². The fourth-order valence-electron chi connectivity index (χ4n) is 3.49. The van der Waals surface area contributed by atoms with Gasteiger partial charge in [-0.15, -0.1) is 0 Å². The maximum Gasteiger partial charge on any atom is 0.257 e. The number of aromatic nitrogens is 1. The first-order valence-electron chi connectivity index (χ1n) is 10.0. The van der Waals surface area contributed by atoms with Crippen LogP contribution in [0.3, 0.4) is 0 Å². The van der Waals surface area contributed by atoms with Crippen molar-refractivity contribution in [2.45, 2.75) is 12.8 Å². The molecule has 31 heavy (non-hydrogen) atoms. The monoisotopic (exact) mass is 413 g/mol. The summed E-state index contributed by atoms with van der Waals surface area (Å²) in [7, 11) is 1.57. The number of fused-ring (bicyclic) bond motifs is 1. The maximum absolute atomic E-state index is 12.8. The lowest BCUT2D eigenvalue weighted by molar-refractivity contribution is -0.116. The Balaban J connectivity index is 1.42. The van der Waals surface area contributed by atoms with Crippen LogP contribution >= 0.6 is 0 Å². The van der Waals surface area contributed by atoms with Gasteiger partial charge in [-0.05, 0) is 42.3 Å².